The second kappa shape index (κ2) is 8.76. The molecule has 26 heavy (non-hydrogen) atoms. The van der Waals surface area contributed by atoms with Gasteiger partial charge < -0.3 is 10.6 Å². The largest absolute Gasteiger partial charge is 0.399 e. The summed E-state index contributed by atoms with van der Waals surface area (Å²) in [6, 6.07) is 15.8. The fourth-order valence-electron chi connectivity index (χ4n) is 2.90. The number of nitrogens with zero attached hydrogens (tertiary/aromatic N) is 3. The molecule has 1 unspecified atom stereocenters. The second-order valence-electron chi connectivity index (χ2n) is 6.24. The van der Waals surface area contributed by atoms with Crippen molar-refractivity contribution in [3.8, 4) is 0 Å². The van der Waals surface area contributed by atoms with Crippen LogP contribution in [0.1, 0.15) is 30.5 Å². The Hall–Kier alpha value is -2.47. The van der Waals surface area contributed by atoms with Crippen LogP contribution in [0.4, 0.5) is 11.4 Å². The molecular formula is C20H26N4OS. The molecule has 2 aromatic carbocycles. The molecule has 0 aromatic heterocycles. The molecule has 2 N–H and O–H groups in total. The first-order valence-electron chi connectivity index (χ1n) is 8.41. The van der Waals surface area contributed by atoms with Gasteiger partial charge in [0, 0.05) is 38.8 Å². The van der Waals surface area contributed by atoms with E-state index in [9.17, 15) is 4.79 Å². The standard InChI is InChI=1S/C19H22N4O.CH4S/c1-13(24)23-19(15-6-10-17(11-7-15)22(2)3)12-18(21-23)14-4-8-16(20)9-5-14;1-2/h4-11,19H,12,20H2,1-3H3;2H,1H3. The zero-order chi connectivity index (χ0) is 19.3. The summed E-state index contributed by atoms with van der Waals surface area (Å²) in [6.07, 6.45) is 2.39. The molecule has 1 aliphatic rings. The van der Waals surface area contributed by atoms with Gasteiger partial charge in [-0.3, -0.25) is 4.79 Å². The molecular weight excluding hydrogens is 344 g/mol. The minimum Gasteiger partial charge on any atom is -0.399 e. The normalized spacial score (nSPS) is 15.8. The highest BCUT2D eigenvalue weighted by atomic mass is 32.1. The van der Waals surface area contributed by atoms with Crippen LogP contribution in [0.3, 0.4) is 0 Å². The Kier molecular flexibility index (Phi) is 6.69. The molecule has 0 saturated carbocycles. The van der Waals surface area contributed by atoms with E-state index in [0.717, 1.165) is 28.2 Å². The maximum atomic E-state index is 12.0. The average Bonchev–Trinajstić information content (AvgIpc) is 3.10. The third kappa shape index (κ3) is 4.38. The van der Waals surface area contributed by atoms with Gasteiger partial charge in [-0.25, -0.2) is 5.01 Å². The van der Waals surface area contributed by atoms with Gasteiger partial charge in [0.15, 0.2) is 0 Å². The number of carbonyl (C=O) groups is 1. The topological polar surface area (TPSA) is 61.9 Å². The van der Waals surface area contributed by atoms with Gasteiger partial charge in [0.1, 0.15) is 0 Å². The van der Waals surface area contributed by atoms with Crippen molar-refractivity contribution in [3.05, 3.63) is 59.7 Å². The molecule has 1 amide bonds. The average molecular weight is 371 g/mol. The monoisotopic (exact) mass is 370 g/mol. The van der Waals surface area contributed by atoms with E-state index in [1.165, 1.54) is 0 Å². The van der Waals surface area contributed by atoms with E-state index >= 15 is 0 Å². The van der Waals surface area contributed by atoms with Crippen LogP contribution in [0.2, 0.25) is 0 Å². The molecule has 0 bridgehead atoms. The quantitative estimate of drug-likeness (QED) is 0.641. The summed E-state index contributed by atoms with van der Waals surface area (Å²) in [5, 5.41) is 6.13. The molecule has 5 nitrogen and oxygen atoms in total. The number of thiol groups is 1. The van der Waals surface area contributed by atoms with Gasteiger partial charge in [-0.15, -0.1) is 0 Å². The van der Waals surface area contributed by atoms with Gasteiger partial charge in [0.2, 0.25) is 5.91 Å². The highest BCUT2D eigenvalue weighted by Gasteiger charge is 2.31. The predicted molar refractivity (Wildman–Crippen MR) is 113 cm³/mol. The summed E-state index contributed by atoms with van der Waals surface area (Å²) in [5.74, 6) is -0.0536. The first-order valence-corrected chi connectivity index (χ1v) is 9.30. The zero-order valence-corrected chi connectivity index (χ0v) is 16.6. The summed E-state index contributed by atoms with van der Waals surface area (Å²) >= 11 is 3.53. The molecule has 138 valence electrons. The first-order chi connectivity index (χ1) is 12.5. The fourth-order valence-corrected chi connectivity index (χ4v) is 2.90. The lowest BCUT2D eigenvalue weighted by atomic mass is 9.98. The number of anilines is 2. The Balaban J connectivity index is 0.00000117. The van der Waals surface area contributed by atoms with Crippen molar-refractivity contribution in [3.63, 3.8) is 0 Å². The van der Waals surface area contributed by atoms with Crippen molar-refractivity contribution in [2.75, 3.05) is 31.0 Å². The predicted octanol–water partition coefficient (Wildman–Crippen LogP) is 3.58. The lowest BCUT2D eigenvalue weighted by Gasteiger charge is -2.21. The van der Waals surface area contributed by atoms with Crippen molar-refractivity contribution in [2.24, 2.45) is 5.10 Å². The number of hydrogen-bond acceptors (Lipinski definition) is 5. The smallest absolute Gasteiger partial charge is 0.240 e. The minimum absolute atomic E-state index is 0.0536. The molecule has 0 saturated heterocycles. The number of amides is 1. The molecule has 0 fully saturated rings. The number of hydrogen-bond donors (Lipinski definition) is 2. The first kappa shape index (κ1) is 19.8. The Morgan fingerprint density at radius 2 is 1.69 bits per heavy atom. The van der Waals surface area contributed by atoms with E-state index < -0.39 is 0 Å². The van der Waals surface area contributed by atoms with E-state index in [1.54, 1.807) is 18.2 Å². The second-order valence-corrected chi connectivity index (χ2v) is 6.24. The molecule has 0 radical (unpaired) electrons. The van der Waals surface area contributed by atoms with Crippen molar-refractivity contribution in [2.45, 2.75) is 19.4 Å². The zero-order valence-electron chi connectivity index (χ0n) is 15.7. The van der Waals surface area contributed by atoms with Gasteiger partial charge in [0.25, 0.3) is 0 Å². The molecule has 1 aliphatic heterocycles. The van der Waals surface area contributed by atoms with Gasteiger partial charge in [-0.2, -0.15) is 17.7 Å². The van der Waals surface area contributed by atoms with Gasteiger partial charge in [0.05, 0.1) is 11.8 Å². The molecule has 3 rings (SSSR count). The highest BCUT2D eigenvalue weighted by molar-refractivity contribution is 7.79. The Morgan fingerprint density at radius 3 is 2.19 bits per heavy atom. The minimum atomic E-state index is -0.0636. The molecule has 2 aromatic rings. The fraction of sp³-hybridized carbons (Fsp3) is 0.300. The number of hydrazone groups is 1. The summed E-state index contributed by atoms with van der Waals surface area (Å²) < 4.78 is 0. The van der Waals surface area contributed by atoms with Crippen LogP contribution in [0.15, 0.2) is 53.6 Å². The highest BCUT2D eigenvalue weighted by Crippen LogP contribution is 2.33. The van der Waals surface area contributed by atoms with Crippen molar-refractivity contribution in [1.29, 1.82) is 0 Å². The number of carbonyl (C=O) groups excluding carboxylic acids is 1. The lowest BCUT2D eigenvalue weighted by Crippen LogP contribution is -2.24. The Morgan fingerprint density at radius 1 is 1.12 bits per heavy atom. The van der Waals surface area contributed by atoms with Crippen LogP contribution >= 0.6 is 12.6 Å². The molecule has 1 heterocycles. The van der Waals surface area contributed by atoms with Gasteiger partial charge >= 0.3 is 0 Å². The van der Waals surface area contributed by atoms with Crippen molar-refractivity contribution < 1.29 is 4.79 Å². The Bertz CT molecular complexity index is 769. The maximum Gasteiger partial charge on any atom is 0.240 e. The van der Waals surface area contributed by atoms with Crippen LogP contribution in [0, 0.1) is 0 Å². The van der Waals surface area contributed by atoms with Crippen LogP contribution in [-0.4, -0.2) is 37.0 Å². The van der Waals surface area contributed by atoms with E-state index in [1.807, 2.05) is 38.4 Å². The summed E-state index contributed by atoms with van der Waals surface area (Å²) in [6.45, 7) is 1.55. The van der Waals surface area contributed by atoms with Crippen molar-refractivity contribution >= 4 is 35.6 Å². The number of rotatable bonds is 3. The Labute approximate surface area is 160 Å². The summed E-state index contributed by atoms with van der Waals surface area (Å²) in [5.41, 5.74) is 10.6. The van der Waals surface area contributed by atoms with Crippen LogP contribution < -0.4 is 10.6 Å². The number of benzene rings is 2. The summed E-state index contributed by atoms with van der Waals surface area (Å²) in [7, 11) is 4.02. The van der Waals surface area contributed by atoms with E-state index in [4.69, 9.17) is 5.73 Å². The molecule has 0 aliphatic carbocycles. The number of nitrogens with two attached hydrogens (primary N) is 1. The SMILES string of the molecule is CC(=O)N1N=C(c2ccc(N)cc2)CC1c1ccc(N(C)C)cc1.CS. The molecule has 1 atom stereocenters. The third-order valence-electron chi connectivity index (χ3n) is 4.27. The van der Waals surface area contributed by atoms with E-state index in [-0.39, 0.29) is 11.9 Å². The van der Waals surface area contributed by atoms with Gasteiger partial charge in [-0.1, -0.05) is 24.3 Å². The van der Waals surface area contributed by atoms with Crippen LogP contribution in [0.5, 0.6) is 0 Å². The van der Waals surface area contributed by atoms with Crippen molar-refractivity contribution in [1.82, 2.24) is 5.01 Å². The molecule has 0 spiro atoms. The lowest BCUT2D eigenvalue weighted by molar-refractivity contribution is -0.130. The third-order valence-corrected chi connectivity index (χ3v) is 4.27. The summed E-state index contributed by atoms with van der Waals surface area (Å²) in [4.78, 5) is 14.1. The maximum absolute atomic E-state index is 12.0. The van der Waals surface area contributed by atoms with Crippen LogP contribution in [-0.2, 0) is 4.79 Å². The molecule has 6 heteroatoms. The van der Waals surface area contributed by atoms with E-state index in [2.05, 4.69) is 46.9 Å². The number of nitrogen functional groups attached to an aromatic ring is 1. The van der Waals surface area contributed by atoms with Gasteiger partial charge in [-0.05, 0) is 41.6 Å². The van der Waals surface area contributed by atoms with Crippen LogP contribution in [0.25, 0.3) is 0 Å². The van der Waals surface area contributed by atoms with E-state index in [0.29, 0.717) is 6.42 Å².